The van der Waals surface area contributed by atoms with Crippen LogP contribution < -0.4 is 0 Å². The summed E-state index contributed by atoms with van der Waals surface area (Å²) in [6.07, 6.45) is 5.80. The van der Waals surface area contributed by atoms with Crippen molar-refractivity contribution in [2.45, 2.75) is 39.5 Å². The summed E-state index contributed by atoms with van der Waals surface area (Å²) in [5.74, 6) is 0. The summed E-state index contributed by atoms with van der Waals surface area (Å²) in [7, 11) is 0. The average Bonchev–Trinajstić information content (AvgIpc) is 2.25. The largest absolute Gasteiger partial charge is 0.699 e. The van der Waals surface area contributed by atoms with E-state index in [-0.39, 0.29) is 0 Å². The van der Waals surface area contributed by atoms with Crippen LogP contribution in [0, 0.1) is 0 Å². The van der Waals surface area contributed by atoms with Crippen molar-refractivity contribution in [3.63, 3.8) is 0 Å². The number of unbranched alkanes of at least 4 members (excludes halogenated alkanes) is 2. The zero-order chi connectivity index (χ0) is 11.4. The maximum Gasteiger partial charge on any atom is 0.699 e. The number of isocyanates is 1. The van der Waals surface area contributed by atoms with Crippen LogP contribution in [0.4, 0.5) is 0 Å². The van der Waals surface area contributed by atoms with Gasteiger partial charge in [0, 0.05) is 13.2 Å². The normalized spacial score (nSPS) is 9.73. The standard InChI is InChI=1S/2C4H9O.C2H2NO.Al/c2*1-2-3-4-5;1-3-2-4;/h2*2-4H2,1H3;1H2;/q2*-1;;+2. The Morgan fingerprint density at radius 1 is 1.13 bits per heavy atom. The first-order valence-electron chi connectivity index (χ1n) is 5.62. The van der Waals surface area contributed by atoms with Gasteiger partial charge < -0.3 is 7.58 Å². The fourth-order valence-corrected chi connectivity index (χ4v) is 2.37. The van der Waals surface area contributed by atoms with Gasteiger partial charge >= 0.3 is 14.8 Å². The maximum absolute atomic E-state index is 9.99. The summed E-state index contributed by atoms with van der Waals surface area (Å²) >= 11 is -1.74. The molecule has 0 aromatic rings. The van der Waals surface area contributed by atoms with E-state index in [1.165, 1.54) is 6.08 Å². The lowest BCUT2D eigenvalue weighted by Gasteiger charge is -2.10. The molecule has 0 saturated heterocycles. The van der Waals surface area contributed by atoms with Gasteiger partial charge in [0.15, 0.2) is 0 Å². The number of hydrogen-bond donors (Lipinski definition) is 0. The minimum Gasteiger partial charge on any atom is -0.477 e. The first-order valence-corrected chi connectivity index (χ1v) is 7.37. The molecule has 0 amide bonds. The van der Waals surface area contributed by atoms with Crippen LogP contribution in [0.3, 0.4) is 0 Å². The van der Waals surface area contributed by atoms with Gasteiger partial charge in [-0.15, -0.1) is 0 Å². The quantitative estimate of drug-likeness (QED) is 0.249. The Morgan fingerprint density at radius 2 is 1.67 bits per heavy atom. The molecule has 0 radical (unpaired) electrons. The van der Waals surface area contributed by atoms with Gasteiger partial charge in [-0.05, 0) is 12.8 Å². The molecule has 0 N–H and O–H groups in total. The summed E-state index contributed by atoms with van der Waals surface area (Å²) in [4.78, 5) is 13.5. The van der Waals surface area contributed by atoms with Crippen molar-refractivity contribution in [3.05, 3.63) is 0 Å². The minimum atomic E-state index is -1.74. The van der Waals surface area contributed by atoms with Gasteiger partial charge in [-0.25, -0.2) is 9.79 Å². The predicted molar refractivity (Wildman–Crippen MR) is 60.5 cm³/mol. The Labute approximate surface area is 96.7 Å². The van der Waals surface area contributed by atoms with Crippen LogP contribution >= 0.6 is 0 Å². The molecule has 0 rings (SSSR count). The van der Waals surface area contributed by atoms with Crippen LogP contribution in [0.5, 0.6) is 0 Å². The van der Waals surface area contributed by atoms with Crippen LogP contribution in [0.2, 0.25) is 0 Å². The third-order valence-corrected chi connectivity index (χ3v) is 3.60. The molecule has 0 saturated carbocycles. The molecule has 0 fully saturated rings. The molecule has 15 heavy (non-hydrogen) atoms. The number of aliphatic imine (C=N–C) groups is 1. The van der Waals surface area contributed by atoms with Gasteiger partial charge in [0.25, 0.3) is 0 Å². The summed E-state index contributed by atoms with van der Waals surface area (Å²) in [5.41, 5.74) is 0. The highest BCUT2D eigenvalue weighted by atomic mass is 27.2. The second kappa shape index (κ2) is 11.9. The van der Waals surface area contributed by atoms with Gasteiger partial charge in [0.2, 0.25) is 6.08 Å². The fraction of sp³-hybridized carbons (Fsp3) is 0.900. The number of carbonyl (C=O) groups excluding carboxylic acids is 1. The molecule has 0 aliphatic carbocycles. The Hall–Kier alpha value is -0.168. The van der Waals surface area contributed by atoms with Crippen molar-refractivity contribution in [2.24, 2.45) is 4.99 Å². The Balaban J connectivity index is 3.67. The molecule has 0 bridgehead atoms. The van der Waals surface area contributed by atoms with Crippen molar-refractivity contribution < 1.29 is 12.4 Å². The van der Waals surface area contributed by atoms with E-state index >= 15 is 0 Å². The van der Waals surface area contributed by atoms with E-state index in [1.54, 1.807) is 0 Å². The van der Waals surface area contributed by atoms with Crippen LogP contribution in [-0.4, -0.2) is 39.5 Å². The van der Waals surface area contributed by atoms with E-state index in [4.69, 9.17) is 7.58 Å². The molecule has 0 aliphatic rings. The van der Waals surface area contributed by atoms with Gasteiger partial charge in [-0.2, -0.15) is 0 Å². The third-order valence-electron chi connectivity index (χ3n) is 1.91. The molecule has 0 aromatic carbocycles. The van der Waals surface area contributed by atoms with Gasteiger partial charge in [-0.1, -0.05) is 26.7 Å². The summed E-state index contributed by atoms with van der Waals surface area (Å²) in [6, 6.07) is 0. The van der Waals surface area contributed by atoms with Crippen LogP contribution in [0.15, 0.2) is 4.99 Å². The molecule has 0 atom stereocenters. The Bertz CT molecular complexity index is 174. The monoisotopic (exact) mass is 229 g/mol. The van der Waals surface area contributed by atoms with Crippen LogP contribution in [0.25, 0.3) is 0 Å². The van der Waals surface area contributed by atoms with Crippen LogP contribution in [-0.2, 0) is 12.4 Å². The maximum atomic E-state index is 9.99. The average molecular weight is 229 g/mol. The molecular formula is C10H20AlNO3. The lowest BCUT2D eigenvalue weighted by atomic mass is 10.4. The van der Waals surface area contributed by atoms with Crippen molar-refractivity contribution in [2.75, 3.05) is 18.6 Å². The highest BCUT2D eigenvalue weighted by Crippen LogP contribution is 1.97. The molecule has 0 heterocycles. The number of hydrogen-bond acceptors (Lipinski definition) is 4. The minimum absolute atomic E-state index is 0.386. The third kappa shape index (κ3) is 10.1. The Kier molecular flexibility index (Phi) is 11.8. The first kappa shape index (κ1) is 14.8. The first-order chi connectivity index (χ1) is 7.35. The van der Waals surface area contributed by atoms with E-state index in [1.807, 2.05) is 0 Å². The van der Waals surface area contributed by atoms with E-state index < -0.39 is 14.8 Å². The topological polar surface area (TPSA) is 47.9 Å². The van der Waals surface area contributed by atoms with Gasteiger partial charge in [-0.3, -0.25) is 0 Å². The summed E-state index contributed by atoms with van der Waals surface area (Å²) in [6.45, 7) is 5.66. The number of rotatable bonds is 10. The smallest absolute Gasteiger partial charge is 0.477 e. The highest BCUT2D eigenvalue weighted by Gasteiger charge is 2.24. The van der Waals surface area contributed by atoms with E-state index in [2.05, 4.69) is 18.8 Å². The van der Waals surface area contributed by atoms with Crippen LogP contribution in [0.1, 0.15) is 39.5 Å². The number of nitrogens with zero attached hydrogens (tertiary/aromatic N) is 1. The molecule has 0 aromatic heterocycles. The second-order valence-corrected chi connectivity index (χ2v) is 5.20. The zero-order valence-corrected chi connectivity index (χ0v) is 10.9. The zero-order valence-electron chi connectivity index (χ0n) is 9.70. The summed E-state index contributed by atoms with van der Waals surface area (Å²) in [5, 5.41) is 0.386. The predicted octanol–water partition coefficient (Wildman–Crippen LogP) is 1.98. The molecule has 0 unspecified atom stereocenters. The fourth-order valence-electron chi connectivity index (χ4n) is 0.984. The molecular weight excluding hydrogens is 209 g/mol. The SMILES string of the molecule is CCCC[O][Al]([CH2]N=C=O)[O]CCCC. The lowest BCUT2D eigenvalue weighted by molar-refractivity contribution is 0.192. The van der Waals surface area contributed by atoms with Crippen molar-refractivity contribution in [3.8, 4) is 0 Å². The molecule has 4 nitrogen and oxygen atoms in total. The van der Waals surface area contributed by atoms with Gasteiger partial charge in [0.1, 0.15) is 0 Å². The van der Waals surface area contributed by atoms with E-state index in [9.17, 15) is 4.79 Å². The molecule has 0 spiro atoms. The van der Waals surface area contributed by atoms with E-state index in [0.717, 1.165) is 25.7 Å². The molecule has 5 heteroatoms. The molecule has 86 valence electrons. The van der Waals surface area contributed by atoms with Gasteiger partial charge in [0.05, 0.1) is 5.41 Å². The lowest BCUT2D eigenvalue weighted by Crippen LogP contribution is -2.28. The van der Waals surface area contributed by atoms with E-state index in [0.29, 0.717) is 18.6 Å². The Morgan fingerprint density at radius 3 is 2.07 bits per heavy atom. The highest BCUT2D eigenvalue weighted by molar-refractivity contribution is 6.44. The van der Waals surface area contributed by atoms with Crippen molar-refractivity contribution in [1.82, 2.24) is 0 Å². The summed E-state index contributed by atoms with van der Waals surface area (Å²) < 4.78 is 11.2. The molecule has 0 aliphatic heterocycles. The second-order valence-electron chi connectivity index (χ2n) is 3.31. The van der Waals surface area contributed by atoms with Crippen molar-refractivity contribution >= 4 is 20.9 Å². The van der Waals surface area contributed by atoms with Crippen molar-refractivity contribution in [1.29, 1.82) is 0 Å².